The molecule has 3 heteroatoms. The predicted molar refractivity (Wildman–Crippen MR) is 66.8 cm³/mol. The summed E-state index contributed by atoms with van der Waals surface area (Å²) in [4.78, 5) is 2.29. The van der Waals surface area contributed by atoms with Gasteiger partial charge in [0.15, 0.2) is 0 Å². The minimum absolute atomic E-state index is 0.794. The van der Waals surface area contributed by atoms with Gasteiger partial charge in [-0.1, -0.05) is 34.6 Å². The van der Waals surface area contributed by atoms with Crippen molar-refractivity contribution in [3.8, 4) is 5.75 Å². The average Bonchev–Trinajstić information content (AvgIpc) is 2.41. The third kappa shape index (κ3) is 2.53. The van der Waals surface area contributed by atoms with E-state index in [-0.39, 0.29) is 0 Å². The third-order valence-corrected chi connectivity index (χ3v) is 2.65. The molecule has 2 nitrogen and oxygen atoms in total. The number of halogens is 1. The fourth-order valence-corrected chi connectivity index (χ4v) is 2.07. The molecule has 0 saturated heterocycles. The summed E-state index contributed by atoms with van der Waals surface area (Å²) in [6.45, 7) is 6.53. The number of para-hydroxylation sites is 2. The quantitative estimate of drug-likeness (QED) is 0.816. The summed E-state index contributed by atoms with van der Waals surface area (Å²) in [6, 6.07) is 8.16. The summed E-state index contributed by atoms with van der Waals surface area (Å²) in [5.41, 5.74) is 1.16. The van der Waals surface area contributed by atoms with Crippen LogP contribution in [0.2, 0.25) is 0 Å². The van der Waals surface area contributed by atoms with E-state index in [4.69, 9.17) is 4.74 Å². The van der Waals surface area contributed by atoms with E-state index in [9.17, 15) is 0 Å². The molecular weight excluding hydrogens is 254 g/mol. The van der Waals surface area contributed by atoms with Gasteiger partial charge in [-0.2, -0.15) is 0 Å². The highest BCUT2D eigenvalue weighted by atomic mass is 79.9. The van der Waals surface area contributed by atoms with E-state index >= 15 is 0 Å². The third-order valence-electron chi connectivity index (χ3n) is 2.40. The van der Waals surface area contributed by atoms with Crippen LogP contribution >= 0.6 is 15.9 Å². The van der Waals surface area contributed by atoms with Gasteiger partial charge < -0.3 is 9.64 Å². The summed E-state index contributed by atoms with van der Waals surface area (Å²) >= 11 is 3.41. The van der Waals surface area contributed by atoms with Crippen LogP contribution in [0.15, 0.2) is 35.3 Å². The molecule has 0 saturated carbocycles. The summed E-state index contributed by atoms with van der Waals surface area (Å²) in [5, 5.41) is 0. The van der Waals surface area contributed by atoms with E-state index in [0.29, 0.717) is 0 Å². The standard InChI is InChI=1S/C12H14BrNO/c1-10(13)9-14-7-4-8-15-12-6-3-2-5-11(12)14/h2-3,5-6H,1,4,7-9H2. The first-order valence-corrected chi connectivity index (χ1v) is 5.87. The lowest BCUT2D eigenvalue weighted by Crippen LogP contribution is -2.24. The fraction of sp³-hybridized carbons (Fsp3) is 0.333. The summed E-state index contributed by atoms with van der Waals surface area (Å²) in [7, 11) is 0. The van der Waals surface area contributed by atoms with Crippen molar-refractivity contribution in [1.82, 2.24) is 0 Å². The van der Waals surface area contributed by atoms with E-state index in [1.807, 2.05) is 18.2 Å². The minimum atomic E-state index is 0.794. The summed E-state index contributed by atoms with van der Waals surface area (Å²) < 4.78 is 6.67. The van der Waals surface area contributed by atoms with Crippen LogP contribution in [-0.2, 0) is 0 Å². The molecule has 1 aliphatic rings. The smallest absolute Gasteiger partial charge is 0.142 e. The van der Waals surface area contributed by atoms with Crippen LogP contribution in [0.5, 0.6) is 5.75 Å². The minimum Gasteiger partial charge on any atom is -0.491 e. The monoisotopic (exact) mass is 267 g/mol. The molecule has 1 heterocycles. The molecule has 0 unspecified atom stereocenters. The van der Waals surface area contributed by atoms with E-state index in [2.05, 4.69) is 33.5 Å². The molecule has 0 aliphatic carbocycles. The number of ether oxygens (including phenoxy) is 1. The molecule has 0 atom stereocenters. The first-order chi connectivity index (χ1) is 7.27. The maximum absolute atomic E-state index is 5.67. The number of hydrogen-bond acceptors (Lipinski definition) is 2. The summed E-state index contributed by atoms with van der Waals surface area (Å²) in [5.74, 6) is 0.976. The molecule has 0 bridgehead atoms. The van der Waals surface area contributed by atoms with Gasteiger partial charge in [-0.15, -0.1) is 0 Å². The fourth-order valence-electron chi connectivity index (χ4n) is 1.77. The molecule has 0 fully saturated rings. The zero-order valence-electron chi connectivity index (χ0n) is 8.58. The van der Waals surface area contributed by atoms with Gasteiger partial charge in [0.05, 0.1) is 12.3 Å². The largest absolute Gasteiger partial charge is 0.491 e. The Morgan fingerprint density at radius 2 is 2.27 bits per heavy atom. The van der Waals surface area contributed by atoms with Gasteiger partial charge in [-0.3, -0.25) is 0 Å². The molecule has 0 N–H and O–H groups in total. The van der Waals surface area contributed by atoms with Gasteiger partial charge >= 0.3 is 0 Å². The molecule has 1 aromatic carbocycles. The second-order valence-corrected chi connectivity index (χ2v) is 4.73. The molecule has 1 aromatic rings. The van der Waals surface area contributed by atoms with Crippen LogP contribution in [0, 0.1) is 0 Å². The molecule has 1 aliphatic heterocycles. The topological polar surface area (TPSA) is 12.5 Å². The maximum Gasteiger partial charge on any atom is 0.142 e. The number of benzene rings is 1. The molecule has 0 amide bonds. The van der Waals surface area contributed by atoms with Gasteiger partial charge in [-0.05, 0) is 18.6 Å². The number of nitrogens with zero attached hydrogens (tertiary/aromatic N) is 1. The molecule has 0 spiro atoms. The number of fused-ring (bicyclic) bond motifs is 1. The molecule has 0 radical (unpaired) electrons. The normalized spacial score (nSPS) is 15.1. The first-order valence-electron chi connectivity index (χ1n) is 5.07. The van der Waals surface area contributed by atoms with Crippen molar-refractivity contribution >= 4 is 21.6 Å². The molecule has 15 heavy (non-hydrogen) atoms. The molecule has 80 valence electrons. The highest BCUT2D eigenvalue weighted by Crippen LogP contribution is 2.31. The van der Waals surface area contributed by atoms with Crippen LogP contribution < -0.4 is 9.64 Å². The Labute approximate surface area is 98.7 Å². The zero-order chi connectivity index (χ0) is 10.7. The predicted octanol–water partition coefficient (Wildman–Crippen LogP) is 3.18. The van der Waals surface area contributed by atoms with Crippen molar-refractivity contribution in [3.05, 3.63) is 35.3 Å². The SMILES string of the molecule is C=C(Br)CN1CCCOc2ccccc21. The van der Waals surface area contributed by atoms with Gasteiger partial charge in [0, 0.05) is 17.6 Å². The lowest BCUT2D eigenvalue weighted by Gasteiger charge is -2.23. The second-order valence-electron chi connectivity index (χ2n) is 3.61. The average molecular weight is 268 g/mol. The lowest BCUT2D eigenvalue weighted by atomic mass is 10.2. The number of hydrogen-bond donors (Lipinski definition) is 0. The van der Waals surface area contributed by atoms with Gasteiger partial charge in [0.1, 0.15) is 5.75 Å². The van der Waals surface area contributed by atoms with Crippen LogP contribution in [-0.4, -0.2) is 19.7 Å². The Kier molecular flexibility index (Phi) is 3.31. The van der Waals surface area contributed by atoms with Crippen molar-refractivity contribution < 1.29 is 4.74 Å². The van der Waals surface area contributed by atoms with Gasteiger partial charge in [-0.25, -0.2) is 0 Å². The molecule has 2 rings (SSSR count). The highest BCUT2D eigenvalue weighted by Gasteiger charge is 2.15. The molecule has 0 aromatic heterocycles. The Bertz CT molecular complexity index is 364. The molecular formula is C12H14BrNO. The lowest BCUT2D eigenvalue weighted by molar-refractivity contribution is 0.322. The van der Waals surface area contributed by atoms with Crippen molar-refractivity contribution in [2.75, 3.05) is 24.6 Å². The Balaban J connectivity index is 2.28. The van der Waals surface area contributed by atoms with Crippen molar-refractivity contribution in [2.45, 2.75) is 6.42 Å². The zero-order valence-corrected chi connectivity index (χ0v) is 10.2. The number of anilines is 1. The summed E-state index contributed by atoms with van der Waals surface area (Å²) in [6.07, 6.45) is 1.05. The van der Waals surface area contributed by atoms with Gasteiger partial charge in [0.2, 0.25) is 0 Å². The van der Waals surface area contributed by atoms with Crippen molar-refractivity contribution in [1.29, 1.82) is 0 Å². The Morgan fingerprint density at radius 1 is 1.47 bits per heavy atom. The Hall–Kier alpha value is -0.960. The van der Waals surface area contributed by atoms with Crippen LogP contribution in [0.3, 0.4) is 0 Å². The first kappa shape index (κ1) is 10.6. The van der Waals surface area contributed by atoms with Crippen LogP contribution in [0.4, 0.5) is 5.69 Å². The van der Waals surface area contributed by atoms with Crippen LogP contribution in [0.1, 0.15) is 6.42 Å². The van der Waals surface area contributed by atoms with Crippen molar-refractivity contribution in [2.24, 2.45) is 0 Å². The van der Waals surface area contributed by atoms with Crippen LogP contribution in [0.25, 0.3) is 0 Å². The maximum atomic E-state index is 5.67. The van der Waals surface area contributed by atoms with Crippen molar-refractivity contribution in [3.63, 3.8) is 0 Å². The van der Waals surface area contributed by atoms with E-state index in [1.54, 1.807) is 0 Å². The van der Waals surface area contributed by atoms with Gasteiger partial charge in [0.25, 0.3) is 0 Å². The second kappa shape index (κ2) is 4.71. The highest BCUT2D eigenvalue weighted by molar-refractivity contribution is 9.11. The Morgan fingerprint density at radius 3 is 3.07 bits per heavy atom. The number of rotatable bonds is 2. The van der Waals surface area contributed by atoms with E-state index in [1.165, 1.54) is 0 Å². The van der Waals surface area contributed by atoms with E-state index < -0.39 is 0 Å². The van der Waals surface area contributed by atoms with E-state index in [0.717, 1.165) is 42.0 Å².